The Morgan fingerprint density at radius 2 is 1.95 bits per heavy atom. The van der Waals surface area contributed by atoms with Crippen LogP contribution in [0.15, 0.2) is 65.8 Å². The number of Topliss-reactive ketones (excluding diaryl/α,β-unsaturated/α-hetero) is 1. The summed E-state index contributed by atoms with van der Waals surface area (Å²) in [6.07, 6.45) is 4.05. The molecular formula is C26H27N5O5S. The fourth-order valence-corrected chi connectivity index (χ4v) is 6.74. The minimum atomic E-state index is -3.94. The Kier molecular flexibility index (Phi) is 6.74. The van der Waals surface area contributed by atoms with Gasteiger partial charge in [0.25, 0.3) is 5.91 Å². The summed E-state index contributed by atoms with van der Waals surface area (Å²) in [7, 11) is -3.94. The van der Waals surface area contributed by atoms with E-state index in [0.717, 1.165) is 5.39 Å². The van der Waals surface area contributed by atoms with E-state index in [1.165, 1.54) is 33.7 Å². The molecule has 37 heavy (non-hydrogen) atoms. The number of ketones is 1. The molecule has 3 unspecified atom stereocenters. The van der Waals surface area contributed by atoms with Gasteiger partial charge in [-0.15, -0.1) is 0 Å². The minimum Gasteiger partial charge on any atom is -0.339 e. The number of nitrogens with one attached hydrogen (secondary N) is 1. The average Bonchev–Trinajstić information content (AvgIpc) is 3.49. The molecule has 3 aromatic rings. The molecule has 2 saturated heterocycles. The summed E-state index contributed by atoms with van der Waals surface area (Å²) >= 11 is 0. The Morgan fingerprint density at radius 1 is 1.14 bits per heavy atom. The second-order valence-electron chi connectivity index (χ2n) is 9.24. The lowest BCUT2D eigenvalue weighted by atomic mass is 10.1. The van der Waals surface area contributed by atoms with Gasteiger partial charge in [-0.25, -0.2) is 13.4 Å². The van der Waals surface area contributed by atoms with Crippen molar-refractivity contribution in [2.75, 3.05) is 13.1 Å². The van der Waals surface area contributed by atoms with E-state index in [4.69, 9.17) is 0 Å². The molecule has 5 rings (SSSR count). The Bertz CT molecular complexity index is 1460. The van der Waals surface area contributed by atoms with Crippen LogP contribution in [-0.2, 0) is 19.6 Å². The maximum Gasteiger partial charge on any atom is 0.270 e. The first-order chi connectivity index (χ1) is 17.8. The van der Waals surface area contributed by atoms with E-state index in [9.17, 15) is 22.8 Å². The number of hydrogen-bond donors (Lipinski definition) is 1. The molecular weight excluding hydrogens is 494 g/mol. The van der Waals surface area contributed by atoms with Crippen molar-refractivity contribution in [3.05, 3.63) is 66.6 Å². The summed E-state index contributed by atoms with van der Waals surface area (Å²) in [5, 5.41) is 3.69. The van der Waals surface area contributed by atoms with Gasteiger partial charge in [0.1, 0.15) is 22.7 Å². The molecule has 2 aliphatic heterocycles. The number of rotatable bonds is 7. The van der Waals surface area contributed by atoms with Gasteiger partial charge in [-0.2, -0.15) is 4.31 Å². The smallest absolute Gasteiger partial charge is 0.270 e. The maximum atomic E-state index is 13.6. The predicted octanol–water partition coefficient (Wildman–Crippen LogP) is 1.77. The van der Waals surface area contributed by atoms with Crippen molar-refractivity contribution in [1.82, 2.24) is 24.5 Å². The molecule has 0 saturated carbocycles. The first-order valence-electron chi connectivity index (χ1n) is 12.2. The van der Waals surface area contributed by atoms with Gasteiger partial charge < -0.3 is 10.2 Å². The minimum absolute atomic E-state index is 0.00670. The summed E-state index contributed by atoms with van der Waals surface area (Å²) in [5.74, 6) is -1.20. The summed E-state index contributed by atoms with van der Waals surface area (Å²) in [5.41, 5.74) is 0.861. The SMILES string of the molecule is CCCC(NC(=O)c1ccc2ccccc2n1)C(=O)N1CCC2C1C(=O)CN2S(=O)(=O)c1cccnc1. The van der Waals surface area contributed by atoms with Gasteiger partial charge in [-0.3, -0.25) is 19.4 Å². The van der Waals surface area contributed by atoms with Crippen molar-refractivity contribution >= 4 is 38.5 Å². The van der Waals surface area contributed by atoms with Crippen LogP contribution in [0.2, 0.25) is 0 Å². The number of amides is 2. The molecule has 192 valence electrons. The number of hydrogen-bond acceptors (Lipinski definition) is 7. The van der Waals surface area contributed by atoms with Crippen molar-refractivity contribution in [3.63, 3.8) is 0 Å². The molecule has 4 heterocycles. The average molecular weight is 522 g/mol. The van der Waals surface area contributed by atoms with Crippen LogP contribution in [0.4, 0.5) is 0 Å². The van der Waals surface area contributed by atoms with Crippen LogP contribution in [0.25, 0.3) is 10.9 Å². The lowest BCUT2D eigenvalue weighted by molar-refractivity contribution is -0.138. The third kappa shape index (κ3) is 4.60. The van der Waals surface area contributed by atoms with Crippen LogP contribution in [0.1, 0.15) is 36.7 Å². The summed E-state index contributed by atoms with van der Waals surface area (Å²) in [6.45, 7) is 1.82. The predicted molar refractivity (Wildman–Crippen MR) is 135 cm³/mol. The zero-order chi connectivity index (χ0) is 26.2. The van der Waals surface area contributed by atoms with Crippen molar-refractivity contribution in [3.8, 4) is 0 Å². The largest absolute Gasteiger partial charge is 0.339 e. The van der Waals surface area contributed by atoms with E-state index in [-0.39, 0.29) is 29.5 Å². The fourth-order valence-electron chi connectivity index (χ4n) is 5.15. The second-order valence-corrected chi connectivity index (χ2v) is 11.1. The molecule has 10 nitrogen and oxygen atoms in total. The van der Waals surface area contributed by atoms with E-state index < -0.39 is 40.0 Å². The number of aromatic nitrogens is 2. The number of likely N-dealkylation sites (tertiary alicyclic amines) is 1. The number of fused-ring (bicyclic) bond motifs is 2. The Hall–Kier alpha value is -3.70. The molecule has 0 bridgehead atoms. The Morgan fingerprint density at radius 3 is 2.70 bits per heavy atom. The highest BCUT2D eigenvalue weighted by Crippen LogP contribution is 2.34. The quantitative estimate of drug-likeness (QED) is 0.502. The normalized spacial score (nSPS) is 20.7. The Labute approximate surface area is 214 Å². The molecule has 0 spiro atoms. The number of benzene rings is 1. The Balaban J connectivity index is 1.34. The van der Waals surface area contributed by atoms with Crippen molar-refractivity contribution in [2.24, 2.45) is 0 Å². The number of para-hydroxylation sites is 1. The molecule has 2 aliphatic rings. The van der Waals surface area contributed by atoms with E-state index in [1.807, 2.05) is 31.2 Å². The zero-order valence-corrected chi connectivity index (χ0v) is 21.1. The van der Waals surface area contributed by atoms with Crippen LogP contribution in [-0.4, -0.2) is 76.4 Å². The topological polar surface area (TPSA) is 130 Å². The van der Waals surface area contributed by atoms with Crippen LogP contribution >= 0.6 is 0 Å². The van der Waals surface area contributed by atoms with Crippen molar-refractivity contribution in [2.45, 2.75) is 49.2 Å². The first-order valence-corrected chi connectivity index (χ1v) is 13.7. The van der Waals surface area contributed by atoms with Crippen LogP contribution in [0.5, 0.6) is 0 Å². The van der Waals surface area contributed by atoms with Crippen LogP contribution < -0.4 is 5.32 Å². The van der Waals surface area contributed by atoms with Gasteiger partial charge in [-0.05, 0) is 37.1 Å². The molecule has 3 atom stereocenters. The lowest BCUT2D eigenvalue weighted by Crippen LogP contribution is -2.52. The van der Waals surface area contributed by atoms with Crippen LogP contribution in [0.3, 0.4) is 0 Å². The molecule has 11 heteroatoms. The molecule has 0 radical (unpaired) electrons. The van der Waals surface area contributed by atoms with E-state index in [1.54, 1.807) is 12.1 Å². The fraction of sp³-hybridized carbons (Fsp3) is 0.346. The molecule has 0 aliphatic carbocycles. The highest BCUT2D eigenvalue weighted by Gasteiger charge is 2.54. The number of nitrogens with zero attached hydrogens (tertiary/aromatic N) is 4. The highest BCUT2D eigenvalue weighted by atomic mass is 32.2. The van der Waals surface area contributed by atoms with Gasteiger partial charge >= 0.3 is 0 Å². The standard InChI is InChI=1S/C26H27N5O5S/c1-2-6-21(29-25(33)20-11-10-17-7-3-4-9-19(17)28-20)26(34)30-14-12-22-24(30)23(32)16-31(22)37(35,36)18-8-5-13-27-15-18/h3-5,7-11,13,15,21-22,24H,2,6,12,14,16H2,1H3,(H,29,33). The van der Waals surface area contributed by atoms with E-state index in [0.29, 0.717) is 24.8 Å². The van der Waals surface area contributed by atoms with Crippen molar-refractivity contribution in [1.29, 1.82) is 0 Å². The van der Waals surface area contributed by atoms with Gasteiger partial charge in [0.15, 0.2) is 5.78 Å². The zero-order valence-electron chi connectivity index (χ0n) is 20.3. The molecule has 2 amide bonds. The first kappa shape index (κ1) is 25.0. The van der Waals surface area contributed by atoms with E-state index in [2.05, 4.69) is 15.3 Å². The monoisotopic (exact) mass is 521 g/mol. The number of carbonyl (C=O) groups excluding carboxylic acids is 3. The highest BCUT2D eigenvalue weighted by molar-refractivity contribution is 7.89. The van der Waals surface area contributed by atoms with Gasteiger partial charge in [0.2, 0.25) is 15.9 Å². The van der Waals surface area contributed by atoms with E-state index >= 15 is 0 Å². The summed E-state index contributed by atoms with van der Waals surface area (Å²) in [6, 6.07) is 11.4. The summed E-state index contributed by atoms with van der Waals surface area (Å²) in [4.78, 5) is 49.3. The molecule has 2 fully saturated rings. The number of sulfonamides is 1. The summed E-state index contributed by atoms with van der Waals surface area (Å²) < 4.78 is 27.6. The third-order valence-corrected chi connectivity index (χ3v) is 8.77. The number of pyridine rings is 2. The number of carbonyl (C=O) groups is 3. The van der Waals surface area contributed by atoms with Gasteiger partial charge in [0, 0.05) is 24.3 Å². The second kappa shape index (κ2) is 9.98. The van der Waals surface area contributed by atoms with Crippen molar-refractivity contribution < 1.29 is 22.8 Å². The van der Waals surface area contributed by atoms with Crippen LogP contribution in [0, 0.1) is 0 Å². The maximum absolute atomic E-state index is 13.6. The van der Waals surface area contributed by atoms with Gasteiger partial charge in [-0.1, -0.05) is 37.6 Å². The molecule has 1 N–H and O–H groups in total. The molecule has 1 aromatic carbocycles. The third-order valence-electron chi connectivity index (χ3n) is 6.91. The molecule has 2 aromatic heterocycles. The van der Waals surface area contributed by atoms with Gasteiger partial charge in [0.05, 0.1) is 18.1 Å². The lowest BCUT2D eigenvalue weighted by Gasteiger charge is -2.28.